The second kappa shape index (κ2) is 26.2. The van der Waals surface area contributed by atoms with E-state index >= 15 is 0 Å². The molecule has 0 unspecified atom stereocenters. The molecular formula is C32H52N8O16Pt. The molecule has 25 heteroatoms. The number of carboxylic acids is 4. The predicted octanol–water partition coefficient (Wildman–Crippen LogP) is -7.78. The third-order valence-corrected chi connectivity index (χ3v) is 9.91. The molecule has 12 N–H and O–H groups in total. The van der Waals surface area contributed by atoms with Gasteiger partial charge in [0.2, 0.25) is 0 Å². The maximum absolute atomic E-state index is 10.6. The van der Waals surface area contributed by atoms with Gasteiger partial charge in [0.05, 0.1) is 22.2 Å². The number of carboxylic acid groups (broad SMARTS) is 4. The van der Waals surface area contributed by atoms with Crippen molar-refractivity contribution in [1.82, 2.24) is 21.9 Å². The summed E-state index contributed by atoms with van der Waals surface area (Å²) in [6.45, 7) is 1.25. The van der Waals surface area contributed by atoms with E-state index in [1.807, 2.05) is 0 Å². The molecule has 0 aromatic rings. The van der Waals surface area contributed by atoms with E-state index in [-0.39, 0.29) is 21.1 Å². The van der Waals surface area contributed by atoms with Crippen molar-refractivity contribution >= 4 is 47.8 Å². The number of nitrogens with one attached hydrogen (secondary N) is 4. The Hall–Kier alpha value is -3.87. The zero-order valence-corrected chi connectivity index (χ0v) is 33.6. The molecule has 0 saturated heterocycles. The number of carbonyl (C=O) groups excluding carboxylic acids is 8. The Bertz CT molecular complexity index is 1150. The van der Waals surface area contributed by atoms with Gasteiger partial charge in [-0.1, -0.05) is 51.4 Å². The van der Waals surface area contributed by atoms with Crippen LogP contribution in [0.3, 0.4) is 0 Å². The fourth-order valence-electron chi connectivity index (χ4n) is 6.38. The molecule has 57 heavy (non-hydrogen) atoms. The summed E-state index contributed by atoms with van der Waals surface area (Å²) in [6, 6.07) is 0. The van der Waals surface area contributed by atoms with Crippen LogP contribution in [0.15, 0.2) is 0 Å². The quantitative estimate of drug-likeness (QED) is 0.0511. The molecule has 0 spiro atoms. The number of nitrogens with two attached hydrogens (primary N) is 4. The van der Waals surface area contributed by atoms with Crippen LogP contribution in [0.4, 0.5) is 0 Å². The second-order valence-electron chi connectivity index (χ2n) is 13.9. The van der Waals surface area contributed by atoms with Crippen LogP contribution in [0.5, 0.6) is 0 Å². The number of rotatable bonds is 12. The summed E-state index contributed by atoms with van der Waals surface area (Å²) in [5, 5.41) is 40.2. The van der Waals surface area contributed by atoms with Gasteiger partial charge in [-0.3, -0.25) is 0 Å². The largest absolute Gasteiger partial charge is 4.00 e. The first-order valence-electron chi connectivity index (χ1n) is 18.0. The van der Waals surface area contributed by atoms with E-state index in [1.54, 1.807) is 0 Å². The van der Waals surface area contributed by atoms with Crippen molar-refractivity contribution in [2.75, 3.05) is 26.2 Å². The monoisotopic (exact) mass is 999 g/mol. The Morgan fingerprint density at radius 1 is 0.368 bits per heavy atom. The molecule has 326 valence electrons. The summed E-state index contributed by atoms with van der Waals surface area (Å²) in [5.74, 6) is -13.1. The summed E-state index contributed by atoms with van der Waals surface area (Å²) < 4.78 is 0. The van der Waals surface area contributed by atoms with E-state index in [2.05, 4.69) is 41.3 Å². The average Bonchev–Trinajstić information content (AvgIpc) is 4.03. The van der Waals surface area contributed by atoms with Crippen LogP contribution in [-0.2, 0) is 78.8 Å². The van der Waals surface area contributed by atoms with E-state index < -0.39 is 69.9 Å². The fourth-order valence-corrected chi connectivity index (χ4v) is 6.38. The number of hydrogen-bond acceptors (Lipinski definition) is 24. The van der Waals surface area contributed by atoms with Crippen molar-refractivity contribution in [3.63, 3.8) is 0 Å². The van der Waals surface area contributed by atoms with E-state index in [9.17, 15) is 58.8 Å². The Morgan fingerprint density at radius 2 is 0.509 bits per heavy atom. The normalized spacial score (nSPS) is 18.9. The minimum absolute atomic E-state index is 0. The molecule has 0 aromatic carbocycles. The van der Waals surface area contributed by atoms with Crippen LogP contribution in [0.2, 0.25) is 0 Å². The summed E-state index contributed by atoms with van der Waals surface area (Å²) >= 11 is 0. The third-order valence-electron chi connectivity index (χ3n) is 9.91. The van der Waals surface area contributed by atoms with Crippen LogP contribution in [-0.4, -0.2) is 96.1 Å². The van der Waals surface area contributed by atoms with Gasteiger partial charge < -0.3 is 81.9 Å². The zero-order valence-electron chi connectivity index (χ0n) is 31.3. The number of aliphatic carboxylic acids is 4. The molecule has 0 heterocycles. The molecule has 4 aliphatic rings. The van der Waals surface area contributed by atoms with Crippen LogP contribution >= 0.6 is 0 Å². The number of hydroxylamine groups is 4. The molecule has 4 fully saturated rings. The molecule has 4 aliphatic carbocycles. The van der Waals surface area contributed by atoms with Crippen molar-refractivity contribution in [1.29, 1.82) is 0 Å². The molecule has 0 radical (unpaired) electrons. The van der Waals surface area contributed by atoms with Crippen LogP contribution in [0.25, 0.3) is 0 Å². The van der Waals surface area contributed by atoms with Gasteiger partial charge in [-0.05, 0) is 51.4 Å². The Balaban J connectivity index is 0.000000729. The van der Waals surface area contributed by atoms with Crippen molar-refractivity contribution in [3.8, 4) is 0 Å². The summed E-state index contributed by atoms with van der Waals surface area (Å²) in [5.41, 5.74) is 30.0. The SMILES string of the molecule is NCC1(NOC(=O)C(=O)[O-])CCCC1.NCC1(NOC(=O)C(=O)[O-])CCCC1.NCC1(NOC(=O)C(=O)[O-])CCCC1.NCC1(NOC(=O)C(=O)[O-])CCCC1.[Pt+4]. The Labute approximate surface area is 342 Å². The first-order valence-corrected chi connectivity index (χ1v) is 18.0. The minimum Gasteiger partial charge on any atom is -0.539 e. The van der Waals surface area contributed by atoms with Crippen molar-refractivity contribution in [2.24, 2.45) is 22.9 Å². The smallest absolute Gasteiger partial charge is 0.539 e. The van der Waals surface area contributed by atoms with Gasteiger partial charge in [0, 0.05) is 26.2 Å². The first kappa shape index (κ1) is 53.1. The molecule has 0 atom stereocenters. The van der Waals surface area contributed by atoms with Crippen molar-refractivity contribution < 1.29 is 99.2 Å². The van der Waals surface area contributed by atoms with Crippen LogP contribution in [0.1, 0.15) is 103 Å². The van der Waals surface area contributed by atoms with E-state index in [4.69, 9.17) is 22.9 Å². The zero-order chi connectivity index (χ0) is 42.4. The molecule has 0 aromatic heterocycles. The molecular weight excluding hydrogens is 947 g/mol. The van der Waals surface area contributed by atoms with E-state index in [0.717, 1.165) is 103 Å². The minimum atomic E-state index is -1.86. The molecule has 0 amide bonds. The van der Waals surface area contributed by atoms with Gasteiger partial charge >= 0.3 is 44.9 Å². The topological polar surface area (TPSA) is 418 Å². The van der Waals surface area contributed by atoms with Gasteiger partial charge in [0.15, 0.2) is 23.9 Å². The summed E-state index contributed by atoms with van der Waals surface area (Å²) in [4.78, 5) is 99.8. The Morgan fingerprint density at radius 3 is 0.614 bits per heavy atom. The van der Waals surface area contributed by atoms with Gasteiger partial charge in [-0.15, -0.1) is 21.9 Å². The van der Waals surface area contributed by atoms with E-state index in [0.29, 0.717) is 26.2 Å². The summed E-state index contributed by atoms with van der Waals surface area (Å²) in [6.07, 6.45) is 14.2. The standard InChI is InChI=1S/4C8H14N2O4.Pt/c4*9-5-8(3-1-2-4-8)10-14-7(13)6(11)12;/h4*10H,1-5,9H2,(H,11,12);/q;;;;+4/p-4. The maximum Gasteiger partial charge on any atom is 4.00 e. The van der Waals surface area contributed by atoms with Crippen molar-refractivity contribution in [3.05, 3.63) is 0 Å². The molecule has 24 nitrogen and oxygen atoms in total. The Kier molecular flexibility index (Phi) is 24.4. The fraction of sp³-hybridized carbons (Fsp3) is 0.750. The average molecular weight is 1000 g/mol. The van der Waals surface area contributed by atoms with Crippen LogP contribution < -0.4 is 65.3 Å². The molecule has 4 rings (SSSR count). The van der Waals surface area contributed by atoms with Gasteiger partial charge in [-0.2, -0.15) is 0 Å². The number of carbonyl (C=O) groups is 8. The van der Waals surface area contributed by atoms with Gasteiger partial charge in [0.1, 0.15) is 0 Å². The predicted molar refractivity (Wildman–Crippen MR) is 178 cm³/mol. The van der Waals surface area contributed by atoms with Crippen LogP contribution in [0, 0.1) is 0 Å². The van der Waals surface area contributed by atoms with Crippen molar-refractivity contribution in [2.45, 2.75) is 125 Å². The van der Waals surface area contributed by atoms with Gasteiger partial charge in [-0.25, -0.2) is 19.2 Å². The molecule has 0 aliphatic heterocycles. The molecule has 0 bridgehead atoms. The molecule has 4 saturated carbocycles. The second-order valence-corrected chi connectivity index (χ2v) is 13.9. The summed E-state index contributed by atoms with van der Waals surface area (Å²) in [7, 11) is 0. The maximum atomic E-state index is 10.6. The third kappa shape index (κ3) is 18.5. The number of hydrogen-bond donors (Lipinski definition) is 8. The van der Waals surface area contributed by atoms with E-state index in [1.165, 1.54) is 0 Å². The first-order chi connectivity index (χ1) is 26.4. The van der Waals surface area contributed by atoms with Gasteiger partial charge in [0.25, 0.3) is 0 Å².